The maximum atomic E-state index is 15.4. The summed E-state index contributed by atoms with van der Waals surface area (Å²) >= 11 is 0. The predicted octanol–water partition coefficient (Wildman–Crippen LogP) is 2.88. The number of likely N-dealkylation sites (N-methyl/N-ethyl adjacent to an activating group) is 2. The van der Waals surface area contributed by atoms with E-state index in [1.165, 1.54) is 66.9 Å². The van der Waals surface area contributed by atoms with Crippen molar-refractivity contribution in [2.75, 3.05) is 31.3 Å². The molecule has 2 spiro atoms. The zero-order valence-electron chi connectivity index (χ0n) is 27.8. The number of benzene rings is 2. The Balaban J connectivity index is 1.34. The number of carbonyl (C=O) groups excluding carboxylic acids is 4. The molecule has 8 fully saturated rings. The Morgan fingerprint density at radius 1 is 0.673 bits per heavy atom. The lowest BCUT2D eigenvalue weighted by molar-refractivity contribution is -0.169. The van der Waals surface area contributed by atoms with Crippen molar-refractivity contribution in [3.8, 4) is 0 Å². The van der Waals surface area contributed by atoms with Gasteiger partial charge in [-0.2, -0.15) is 0 Å². The number of nitrogens with one attached hydrogen (secondary N) is 2. The number of carbonyl (C=O) groups is 4. The molecule has 13 nitrogen and oxygen atoms in total. The molecule has 0 saturated carbocycles. The minimum Gasteiger partial charge on any atom is -0.392 e. The molecule has 4 amide bonds. The number of piperazine rings is 2. The minimum absolute atomic E-state index is 0.324. The fourth-order valence-electron chi connectivity index (χ4n) is 10.5. The molecule has 2 aromatic carbocycles. The van der Waals surface area contributed by atoms with Crippen molar-refractivity contribution >= 4 is 108 Å². The number of hydrogen-bond donors (Lipinski definition) is 5. The highest BCUT2D eigenvalue weighted by atomic mass is 33.7. The molecule has 0 aromatic heterocycles. The second-order valence-electron chi connectivity index (χ2n) is 14.5. The van der Waals surface area contributed by atoms with Crippen LogP contribution in [0.4, 0.5) is 11.4 Å². The van der Waals surface area contributed by atoms with Gasteiger partial charge < -0.3 is 35.8 Å². The Hall–Kier alpha value is -1.75. The average molecular weight is 837 g/mol. The fourth-order valence-corrected chi connectivity index (χ4v) is 24.5. The van der Waals surface area contributed by atoms with Gasteiger partial charge in [0, 0.05) is 25.5 Å². The zero-order valence-corrected chi connectivity index (χ0v) is 33.5. The van der Waals surface area contributed by atoms with Crippen LogP contribution in [0.2, 0.25) is 0 Å². The second-order valence-corrected chi connectivity index (χ2v) is 25.0. The third-order valence-corrected chi connectivity index (χ3v) is 25.3. The van der Waals surface area contributed by atoms with Gasteiger partial charge in [0.2, 0.25) is 14.6 Å². The van der Waals surface area contributed by atoms with Gasteiger partial charge >= 0.3 is 0 Å². The topological polar surface area (TPSA) is 166 Å². The van der Waals surface area contributed by atoms with Crippen LogP contribution in [0.15, 0.2) is 48.5 Å². The molecule has 5 N–H and O–H groups in total. The van der Waals surface area contributed by atoms with E-state index < -0.39 is 79.2 Å². The Bertz CT molecular complexity index is 2040. The molecule has 8 saturated heterocycles. The highest BCUT2D eigenvalue weighted by molar-refractivity contribution is 9.26. The molecule has 0 radical (unpaired) electrons. The van der Waals surface area contributed by atoms with Crippen molar-refractivity contribution in [1.82, 2.24) is 19.6 Å². The van der Waals surface area contributed by atoms with Crippen LogP contribution in [0.5, 0.6) is 0 Å². The quantitative estimate of drug-likeness (QED) is 0.287. The van der Waals surface area contributed by atoms with Crippen molar-refractivity contribution in [3.05, 3.63) is 59.7 Å². The van der Waals surface area contributed by atoms with Crippen molar-refractivity contribution in [2.45, 2.75) is 68.7 Å². The van der Waals surface area contributed by atoms with Gasteiger partial charge in [-0.25, -0.2) is 0 Å². The summed E-state index contributed by atoms with van der Waals surface area (Å²) in [4.78, 5) is 59.6. The summed E-state index contributed by atoms with van der Waals surface area (Å²) < 4.78 is 0. The molecule has 20 heteroatoms. The minimum atomic E-state index is -1.94. The normalized spacial score (nSPS) is 43.8. The van der Waals surface area contributed by atoms with E-state index in [4.69, 9.17) is 0 Å². The first-order valence-corrected chi connectivity index (χ1v) is 24.8. The molecule has 4 bridgehead atoms. The van der Waals surface area contributed by atoms with Crippen LogP contribution < -0.4 is 10.6 Å². The summed E-state index contributed by atoms with van der Waals surface area (Å²) in [5.74, 6) is -2.28. The number of aliphatic hydroxyl groups excluding tert-OH is 3. The Kier molecular flexibility index (Phi) is 7.18. The van der Waals surface area contributed by atoms with Crippen LogP contribution in [0.3, 0.4) is 0 Å². The summed E-state index contributed by atoms with van der Waals surface area (Å²) in [7, 11) is 11.4. The Labute approximate surface area is 325 Å². The number of para-hydroxylation sites is 2. The number of amides is 4. The van der Waals surface area contributed by atoms with Crippen molar-refractivity contribution < 1.29 is 34.5 Å². The first-order chi connectivity index (χ1) is 24.8. The van der Waals surface area contributed by atoms with Crippen LogP contribution in [0.1, 0.15) is 25.0 Å². The molecule has 10 aliphatic heterocycles. The summed E-state index contributed by atoms with van der Waals surface area (Å²) in [6.07, 6.45) is -5.68. The molecule has 2 aromatic rings. The molecule has 274 valence electrons. The summed E-state index contributed by atoms with van der Waals surface area (Å²) in [5.41, 5.74) is -1.25. The molecule has 52 heavy (non-hydrogen) atoms. The molecule has 10 atom stereocenters. The predicted molar refractivity (Wildman–Crippen MR) is 208 cm³/mol. The van der Waals surface area contributed by atoms with E-state index in [2.05, 4.69) is 10.6 Å². The Morgan fingerprint density at radius 2 is 1.15 bits per heavy atom. The van der Waals surface area contributed by atoms with Gasteiger partial charge in [-0.05, 0) is 102 Å². The van der Waals surface area contributed by atoms with E-state index in [1.54, 1.807) is 7.05 Å². The SMILES string of the molecule is CC(C)[C@]12SSS[C@]3(C(=O)N1C)[C@@H](O)C1(C45c6ccccc6N[C@H]4N4C(=O)[C@@]6(CO)SSSS[C@]4(C(=O)N6C)[C@H]5O)c4ccccc4N[C@@H]1N3C2=O. The highest BCUT2D eigenvalue weighted by Crippen LogP contribution is 2.78. The zero-order chi connectivity index (χ0) is 36.5. The largest absolute Gasteiger partial charge is 0.392 e. The van der Waals surface area contributed by atoms with Gasteiger partial charge in [0.15, 0.2) is 4.87 Å². The lowest BCUT2D eigenvalue weighted by Gasteiger charge is -2.54. The number of aliphatic hydroxyl groups is 3. The molecule has 2 unspecified atom stereocenters. The van der Waals surface area contributed by atoms with E-state index >= 15 is 19.2 Å². The van der Waals surface area contributed by atoms with E-state index in [9.17, 15) is 15.3 Å². The van der Waals surface area contributed by atoms with Crippen LogP contribution in [0.25, 0.3) is 0 Å². The number of fused-ring (bicyclic) bond motifs is 14. The number of anilines is 2. The molecule has 0 aliphatic carbocycles. The van der Waals surface area contributed by atoms with E-state index in [0.717, 1.165) is 32.4 Å². The maximum Gasteiger partial charge on any atom is 0.265 e. The Morgan fingerprint density at radius 3 is 1.69 bits per heavy atom. The first kappa shape index (κ1) is 34.7. The molecule has 10 aliphatic rings. The van der Waals surface area contributed by atoms with E-state index in [1.807, 2.05) is 62.4 Å². The van der Waals surface area contributed by atoms with Crippen LogP contribution in [-0.4, -0.2) is 123 Å². The van der Waals surface area contributed by atoms with Gasteiger partial charge in [-0.1, -0.05) is 50.2 Å². The number of nitrogens with zero attached hydrogens (tertiary/aromatic N) is 4. The van der Waals surface area contributed by atoms with Gasteiger partial charge in [0.25, 0.3) is 23.6 Å². The first-order valence-electron chi connectivity index (χ1n) is 16.5. The third kappa shape index (κ3) is 3.21. The van der Waals surface area contributed by atoms with Crippen molar-refractivity contribution in [2.24, 2.45) is 5.92 Å². The lowest BCUT2D eigenvalue weighted by Crippen LogP contribution is -2.76. The van der Waals surface area contributed by atoms with Crippen LogP contribution in [-0.2, 0) is 30.0 Å². The summed E-state index contributed by atoms with van der Waals surface area (Å²) in [6.45, 7) is 3.12. The van der Waals surface area contributed by atoms with Crippen LogP contribution in [0, 0.1) is 5.92 Å². The van der Waals surface area contributed by atoms with Gasteiger partial charge in [0.1, 0.15) is 24.5 Å². The maximum absolute atomic E-state index is 15.4. The van der Waals surface area contributed by atoms with Gasteiger partial charge in [-0.3, -0.25) is 29.0 Å². The molecule has 10 heterocycles. The van der Waals surface area contributed by atoms with Gasteiger partial charge in [-0.15, -0.1) is 0 Å². The average Bonchev–Trinajstić information content (AvgIpc) is 3.72. The van der Waals surface area contributed by atoms with Gasteiger partial charge in [0.05, 0.1) is 17.4 Å². The van der Waals surface area contributed by atoms with Crippen molar-refractivity contribution in [1.29, 1.82) is 0 Å². The third-order valence-electron chi connectivity index (χ3n) is 12.7. The van der Waals surface area contributed by atoms with Crippen molar-refractivity contribution in [3.63, 3.8) is 0 Å². The summed E-state index contributed by atoms with van der Waals surface area (Å²) in [6, 6.07) is 14.6. The number of hydrogen-bond acceptors (Lipinski definition) is 16. The standard InChI is InChI=1S/C32H32N6O7S7/c1-14(2)30-26(45)38-22-29(16-10-6-8-12-18(16)34-22,20(41)32(38,48-50-47-30)25(44)36(30)4)28-15-9-5-7-11-17(15)33-21(28)37-23(42)27(13-39)35(3)24(43)31(37,19(28)40)49-52-51-46-27/h5-12,14,19-22,33-34,39-41H,13H2,1-4H3/t19-,20-,21-,22+,27+,28?,29?,30+,31-,32-/m0/s1. The van der Waals surface area contributed by atoms with E-state index in [-0.39, 0.29) is 11.8 Å². The van der Waals surface area contributed by atoms with E-state index in [0.29, 0.717) is 22.5 Å². The smallest absolute Gasteiger partial charge is 0.265 e. The number of rotatable bonds is 3. The lowest BCUT2D eigenvalue weighted by atomic mass is 9.52. The van der Waals surface area contributed by atoms with Crippen LogP contribution >= 0.6 is 72.7 Å². The fraction of sp³-hybridized carbons (Fsp3) is 0.500. The monoisotopic (exact) mass is 836 g/mol. The highest BCUT2D eigenvalue weighted by Gasteiger charge is 2.92. The summed E-state index contributed by atoms with van der Waals surface area (Å²) in [5, 5.41) is 45.3. The molecule has 12 rings (SSSR count). The molecular formula is C32H32N6O7S7. The second kappa shape index (κ2) is 10.8. The molecular weight excluding hydrogens is 805 g/mol.